The Balaban J connectivity index is 2.01. The van der Waals surface area contributed by atoms with Crippen LogP contribution in [0.4, 0.5) is 0 Å². The zero-order valence-electron chi connectivity index (χ0n) is 8.20. The van der Waals surface area contributed by atoms with E-state index in [1.165, 1.54) is 0 Å². The summed E-state index contributed by atoms with van der Waals surface area (Å²) in [5.74, 6) is -0.824. The Morgan fingerprint density at radius 3 is 2.64 bits per heavy atom. The van der Waals surface area contributed by atoms with E-state index in [1.54, 1.807) is 0 Å². The van der Waals surface area contributed by atoms with Crippen LogP contribution < -0.4 is 0 Å². The smallest absolute Gasteiger partial charge is 0.332 e. The molecule has 0 saturated carbocycles. The summed E-state index contributed by atoms with van der Waals surface area (Å²) >= 11 is 0. The van der Waals surface area contributed by atoms with Gasteiger partial charge >= 0.3 is 5.97 Å². The summed E-state index contributed by atoms with van der Waals surface area (Å²) in [6.07, 6.45) is 3.68. The number of carbonyl (C=O) groups is 1. The summed E-state index contributed by atoms with van der Waals surface area (Å²) < 4.78 is 11.0. The van der Waals surface area contributed by atoms with Crippen LogP contribution in [0.25, 0.3) is 0 Å². The molecule has 2 fully saturated rings. The number of rotatable bonds is 1. The summed E-state index contributed by atoms with van der Waals surface area (Å²) in [6, 6.07) is 0. The van der Waals surface area contributed by atoms with Crippen molar-refractivity contribution in [1.82, 2.24) is 0 Å². The largest absolute Gasteiger partial charge is 0.479 e. The van der Waals surface area contributed by atoms with Gasteiger partial charge in [0, 0.05) is 13.2 Å². The minimum absolute atomic E-state index is 0.195. The second-order valence-corrected chi connectivity index (χ2v) is 4.13. The lowest BCUT2D eigenvalue weighted by Crippen LogP contribution is -2.47. The predicted molar refractivity (Wildman–Crippen MR) is 49.1 cm³/mol. The number of hydrogen-bond acceptors (Lipinski definition) is 3. The molecular weight excluding hydrogens is 184 g/mol. The molecule has 0 aromatic heterocycles. The number of hydrogen-bond donors (Lipinski definition) is 1. The second-order valence-electron chi connectivity index (χ2n) is 4.13. The molecule has 4 nitrogen and oxygen atoms in total. The van der Waals surface area contributed by atoms with Crippen molar-refractivity contribution in [2.45, 2.75) is 43.8 Å². The molecule has 0 aliphatic carbocycles. The average Bonchev–Trinajstić information content (AvgIpc) is 2.19. The summed E-state index contributed by atoms with van der Waals surface area (Å²) in [7, 11) is 0. The first-order valence-corrected chi connectivity index (χ1v) is 5.20. The normalized spacial score (nSPS) is 31.6. The lowest BCUT2D eigenvalue weighted by atomic mass is 9.85. The maximum absolute atomic E-state index is 10.8. The number of aliphatic carboxylic acids is 1. The van der Waals surface area contributed by atoms with Crippen LogP contribution in [0.15, 0.2) is 0 Å². The van der Waals surface area contributed by atoms with Crippen molar-refractivity contribution in [3.05, 3.63) is 0 Å². The minimum atomic E-state index is -0.824. The van der Waals surface area contributed by atoms with Gasteiger partial charge in [0.2, 0.25) is 0 Å². The topological polar surface area (TPSA) is 55.8 Å². The van der Waals surface area contributed by atoms with Crippen molar-refractivity contribution in [2.75, 3.05) is 13.2 Å². The Labute approximate surface area is 83.2 Å². The molecule has 2 saturated heterocycles. The van der Waals surface area contributed by atoms with Crippen molar-refractivity contribution < 1.29 is 19.4 Å². The van der Waals surface area contributed by atoms with Gasteiger partial charge in [0.05, 0.1) is 5.60 Å². The molecule has 0 bridgehead atoms. The van der Waals surface area contributed by atoms with Crippen molar-refractivity contribution >= 4 is 5.97 Å². The SMILES string of the molecule is O=C(O)C1CCCC2(CCOCC2)O1. The van der Waals surface area contributed by atoms with Crippen molar-refractivity contribution in [3.8, 4) is 0 Å². The molecule has 14 heavy (non-hydrogen) atoms. The van der Waals surface area contributed by atoms with Gasteiger partial charge in [0.15, 0.2) is 6.10 Å². The van der Waals surface area contributed by atoms with Crippen LogP contribution in [-0.4, -0.2) is 36.0 Å². The molecule has 0 amide bonds. The van der Waals surface area contributed by atoms with E-state index >= 15 is 0 Å². The van der Waals surface area contributed by atoms with Gasteiger partial charge in [0.1, 0.15) is 0 Å². The van der Waals surface area contributed by atoms with Gasteiger partial charge in [-0.05, 0) is 32.1 Å². The van der Waals surface area contributed by atoms with Crippen LogP contribution in [0.1, 0.15) is 32.1 Å². The molecular formula is C10H16O4. The van der Waals surface area contributed by atoms with Crippen molar-refractivity contribution in [2.24, 2.45) is 0 Å². The highest BCUT2D eigenvalue weighted by atomic mass is 16.5. The van der Waals surface area contributed by atoms with Gasteiger partial charge in [-0.2, -0.15) is 0 Å². The molecule has 0 aromatic carbocycles. The Hall–Kier alpha value is -0.610. The zero-order chi connectivity index (χ0) is 10.0. The van der Waals surface area contributed by atoms with Crippen LogP contribution in [0.2, 0.25) is 0 Å². The van der Waals surface area contributed by atoms with E-state index in [0.717, 1.165) is 25.7 Å². The molecule has 2 heterocycles. The highest BCUT2D eigenvalue weighted by Crippen LogP contribution is 2.36. The highest BCUT2D eigenvalue weighted by molar-refractivity contribution is 5.72. The van der Waals surface area contributed by atoms with Crippen LogP contribution in [0.3, 0.4) is 0 Å². The molecule has 1 atom stereocenters. The molecule has 2 aliphatic rings. The quantitative estimate of drug-likeness (QED) is 0.690. The summed E-state index contributed by atoms with van der Waals surface area (Å²) in [4.78, 5) is 10.8. The fourth-order valence-electron chi connectivity index (χ4n) is 2.31. The molecule has 80 valence electrons. The van der Waals surface area contributed by atoms with E-state index in [-0.39, 0.29) is 5.60 Å². The van der Waals surface area contributed by atoms with Crippen LogP contribution in [0, 0.1) is 0 Å². The van der Waals surface area contributed by atoms with Gasteiger partial charge in [-0.15, -0.1) is 0 Å². The van der Waals surface area contributed by atoms with Gasteiger partial charge in [0.25, 0.3) is 0 Å². The highest BCUT2D eigenvalue weighted by Gasteiger charge is 2.40. The Kier molecular flexibility index (Phi) is 2.74. The standard InChI is InChI=1S/C10H16O4/c11-9(12)8-2-1-3-10(14-8)4-6-13-7-5-10/h8H,1-7H2,(H,11,12). The molecule has 2 aliphatic heterocycles. The van der Waals surface area contributed by atoms with E-state index in [1.807, 2.05) is 0 Å². The van der Waals surface area contributed by atoms with Gasteiger partial charge in [-0.1, -0.05) is 0 Å². The number of ether oxygens (including phenoxy) is 2. The number of carboxylic acid groups (broad SMARTS) is 1. The lowest BCUT2D eigenvalue weighted by molar-refractivity contribution is -0.191. The third-order valence-corrected chi connectivity index (χ3v) is 3.17. The van der Waals surface area contributed by atoms with Gasteiger partial charge in [-0.3, -0.25) is 0 Å². The van der Waals surface area contributed by atoms with E-state index in [2.05, 4.69) is 0 Å². The summed E-state index contributed by atoms with van der Waals surface area (Å²) in [5.41, 5.74) is -0.195. The molecule has 2 rings (SSSR count). The molecule has 0 aromatic rings. The van der Waals surface area contributed by atoms with Crippen molar-refractivity contribution in [1.29, 1.82) is 0 Å². The molecule has 1 N–H and O–H groups in total. The number of carboxylic acids is 1. The zero-order valence-corrected chi connectivity index (χ0v) is 8.20. The fraction of sp³-hybridized carbons (Fsp3) is 0.900. The van der Waals surface area contributed by atoms with Crippen LogP contribution in [0.5, 0.6) is 0 Å². The molecule has 0 radical (unpaired) electrons. The first kappa shape index (κ1) is 9.93. The second kappa shape index (κ2) is 3.87. The minimum Gasteiger partial charge on any atom is -0.479 e. The van der Waals surface area contributed by atoms with E-state index in [4.69, 9.17) is 14.6 Å². The Bertz CT molecular complexity index is 215. The van der Waals surface area contributed by atoms with E-state index < -0.39 is 12.1 Å². The summed E-state index contributed by atoms with van der Waals surface area (Å²) in [6.45, 7) is 1.40. The van der Waals surface area contributed by atoms with Crippen LogP contribution in [-0.2, 0) is 14.3 Å². The first-order valence-electron chi connectivity index (χ1n) is 5.20. The molecule has 1 unspecified atom stereocenters. The third-order valence-electron chi connectivity index (χ3n) is 3.17. The fourth-order valence-corrected chi connectivity index (χ4v) is 2.31. The Morgan fingerprint density at radius 2 is 2.00 bits per heavy atom. The monoisotopic (exact) mass is 200 g/mol. The van der Waals surface area contributed by atoms with E-state index in [9.17, 15) is 4.79 Å². The molecule has 1 spiro atoms. The lowest BCUT2D eigenvalue weighted by Gasteiger charge is -2.42. The Morgan fingerprint density at radius 1 is 1.29 bits per heavy atom. The van der Waals surface area contributed by atoms with Gasteiger partial charge in [-0.25, -0.2) is 4.79 Å². The maximum Gasteiger partial charge on any atom is 0.332 e. The summed E-state index contributed by atoms with van der Waals surface area (Å²) in [5, 5.41) is 8.90. The van der Waals surface area contributed by atoms with Crippen molar-refractivity contribution in [3.63, 3.8) is 0 Å². The predicted octanol–water partition coefficient (Wildman–Crippen LogP) is 1.19. The third kappa shape index (κ3) is 1.91. The van der Waals surface area contributed by atoms with Gasteiger partial charge < -0.3 is 14.6 Å². The van der Waals surface area contributed by atoms with Crippen LogP contribution >= 0.6 is 0 Å². The van der Waals surface area contributed by atoms with E-state index in [0.29, 0.717) is 19.6 Å². The molecule has 4 heteroatoms. The maximum atomic E-state index is 10.8. The first-order chi connectivity index (χ1) is 6.72. The average molecular weight is 200 g/mol.